The molecule has 0 unspecified atom stereocenters. The molecule has 0 amide bonds. The fraction of sp³-hybridized carbons (Fsp3) is 0.118. The molecule has 7 nitrogen and oxygen atoms in total. The van der Waals surface area contributed by atoms with Gasteiger partial charge in [-0.15, -0.1) is 0 Å². The lowest BCUT2D eigenvalue weighted by molar-refractivity contribution is -0.384. The SMILES string of the molecule is O=C(CSc1noc(Cc2ccccc2)n1)c1cccc([N+](=O)[O-])c1. The maximum absolute atomic E-state index is 12.2. The Labute approximate surface area is 147 Å². The summed E-state index contributed by atoms with van der Waals surface area (Å²) in [6, 6.07) is 15.4. The molecule has 8 heteroatoms. The van der Waals surface area contributed by atoms with E-state index in [9.17, 15) is 14.9 Å². The maximum Gasteiger partial charge on any atom is 0.270 e. The Balaban J connectivity index is 1.59. The third-order valence-corrected chi connectivity index (χ3v) is 4.19. The maximum atomic E-state index is 12.2. The molecule has 0 saturated carbocycles. The Morgan fingerprint density at radius 2 is 1.96 bits per heavy atom. The molecular formula is C17H13N3O4S. The first-order valence-electron chi connectivity index (χ1n) is 7.39. The zero-order valence-electron chi connectivity index (χ0n) is 13.0. The molecule has 0 saturated heterocycles. The van der Waals surface area contributed by atoms with Gasteiger partial charge in [-0.05, 0) is 5.56 Å². The summed E-state index contributed by atoms with van der Waals surface area (Å²) in [5.41, 5.74) is 1.23. The Hall–Kier alpha value is -3.00. The van der Waals surface area contributed by atoms with Crippen molar-refractivity contribution in [3.8, 4) is 0 Å². The van der Waals surface area contributed by atoms with Crippen molar-refractivity contribution in [2.24, 2.45) is 0 Å². The number of aromatic nitrogens is 2. The minimum Gasteiger partial charge on any atom is -0.338 e. The van der Waals surface area contributed by atoms with Crippen LogP contribution >= 0.6 is 11.8 Å². The average molecular weight is 355 g/mol. The van der Waals surface area contributed by atoms with E-state index in [4.69, 9.17) is 4.52 Å². The standard InChI is InChI=1S/C17H13N3O4S/c21-15(13-7-4-8-14(10-13)20(22)23)11-25-17-18-16(24-19-17)9-12-5-2-1-3-6-12/h1-8,10H,9,11H2. The highest BCUT2D eigenvalue weighted by Gasteiger charge is 2.14. The molecule has 3 rings (SSSR count). The molecule has 126 valence electrons. The monoisotopic (exact) mass is 355 g/mol. The molecule has 3 aromatic rings. The topological polar surface area (TPSA) is 99.1 Å². The van der Waals surface area contributed by atoms with Crippen molar-refractivity contribution in [1.82, 2.24) is 10.1 Å². The zero-order chi connectivity index (χ0) is 17.6. The number of carbonyl (C=O) groups excluding carboxylic acids is 1. The van der Waals surface area contributed by atoms with Crippen molar-refractivity contribution in [2.75, 3.05) is 5.75 Å². The van der Waals surface area contributed by atoms with E-state index < -0.39 is 4.92 Å². The molecule has 25 heavy (non-hydrogen) atoms. The van der Waals surface area contributed by atoms with Crippen molar-refractivity contribution in [2.45, 2.75) is 11.6 Å². The van der Waals surface area contributed by atoms with Crippen LogP contribution in [0.1, 0.15) is 21.8 Å². The Morgan fingerprint density at radius 3 is 2.72 bits per heavy atom. The summed E-state index contributed by atoms with van der Waals surface area (Å²) in [4.78, 5) is 26.6. The number of hydrogen-bond acceptors (Lipinski definition) is 7. The van der Waals surface area contributed by atoms with E-state index in [2.05, 4.69) is 10.1 Å². The second-order valence-electron chi connectivity index (χ2n) is 5.15. The minimum absolute atomic E-state index is 0.0749. The van der Waals surface area contributed by atoms with Crippen molar-refractivity contribution in [3.63, 3.8) is 0 Å². The number of Topliss-reactive ketones (excluding diaryl/α,β-unsaturated/α-hetero) is 1. The van der Waals surface area contributed by atoms with E-state index >= 15 is 0 Å². The molecular weight excluding hydrogens is 342 g/mol. The van der Waals surface area contributed by atoms with Gasteiger partial charge < -0.3 is 4.52 Å². The molecule has 1 heterocycles. The van der Waals surface area contributed by atoms with Gasteiger partial charge in [0.15, 0.2) is 5.78 Å². The normalized spacial score (nSPS) is 10.6. The van der Waals surface area contributed by atoms with E-state index in [1.54, 1.807) is 6.07 Å². The van der Waals surface area contributed by atoms with E-state index in [1.165, 1.54) is 18.2 Å². The lowest BCUT2D eigenvalue weighted by atomic mass is 10.1. The lowest BCUT2D eigenvalue weighted by Gasteiger charge is -1.99. The average Bonchev–Trinajstić information content (AvgIpc) is 3.08. The van der Waals surface area contributed by atoms with Crippen LogP contribution in [0.2, 0.25) is 0 Å². The van der Waals surface area contributed by atoms with E-state index in [0.29, 0.717) is 17.5 Å². The number of thioether (sulfide) groups is 1. The number of ketones is 1. The van der Waals surface area contributed by atoms with E-state index in [1.807, 2.05) is 30.3 Å². The molecule has 0 radical (unpaired) electrons. The molecule has 1 aromatic heterocycles. The third-order valence-electron chi connectivity index (χ3n) is 3.36. The molecule has 0 spiro atoms. The van der Waals surface area contributed by atoms with Crippen LogP contribution in [-0.4, -0.2) is 26.6 Å². The highest BCUT2D eigenvalue weighted by atomic mass is 32.2. The summed E-state index contributed by atoms with van der Waals surface area (Å²) in [7, 11) is 0. The van der Waals surface area contributed by atoms with Gasteiger partial charge >= 0.3 is 0 Å². The van der Waals surface area contributed by atoms with Gasteiger partial charge in [-0.1, -0.05) is 59.4 Å². The molecule has 0 N–H and O–H groups in total. The largest absolute Gasteiger partial charge is 0.338 e. The van der Waals surface area contributed by atoms with Gasteiger partial charge in [0.05, 0.1) is 17.1 Å². The third kappa shape index (κ3) is 4.51. The van der Waals surface area contributed by atoms with Crippen LogP contribution in [0.5, 0.6) is 0 Å². The number of non-ortho nitro benzene ring substituents is 1. The van der Waals surface area contributed by atoms with Gasteiger partial charge in [0.25, 0.3) is 5.69 Å². The number of nitrogens with zero attached hydrogens (tertiary/aromatic N) is 3. The van der Waals surface area contributed by atoms with Crippen LogP contribution in [0, 0.1) is 10.1 Å². The quantitative estimate of drug-likeness (QED) is 0.276. The number of benzene rings is 2. The Bertz CT molecular complexity index is 896. The molecule has 0 aliphatic heterocycles. The van der Waals surface area contributed by atoms with Gasteiger partial charge in [-0.3, -0.25) is 14.9 Å². The molecule has 2 aromatic carbocycles. The number of carbonyl (C=O) groups is 1. The number of nitro groups is 1. The van der Waals surface area contributed by atoms with Crippen LogP contribution in [0.25, 0.3) is 0 Å². The summed E-state index contributed by atoms with van der Waals surface area (Å²) < 4.78 is 5.17. The first kappa shape index (κ1) is 16.8. The van der Waals surface area contributed by atoms with E-state index in [-0.39, 0.29) is 22.8 Å². The van der Waals surface area contributed by atoms with Crippen molar-refractivity contribution in [3.05, 3.63) is 81.7 Å². The van der Waals surface area contributed by atoms with Crippen LogP contribution in [0.4, 0.5) is 5.69 Å². The van der Waals surface area contributed by atoms with Gasteiger partial charge in [0.1, 0.15) is 0 Å². The van der Waals surface area contributed by atoms with Crippen molar-refractivity contribution in [1.29, 1.82) is 0 Å². The fourth-order valence-corrected chi connectivity index (χ4v) is 2.83. The summed E-state index contributed by atoms with van der Waals surface area (Å²) in [5, 5.41) is 15.0. The van der Waals surface area contributed by atoms with E-state index in [0.717, 1.165) is 17.3 Å². The van der Waals surface area contributed by atoms with Crippen molar-refractivity contribution >= 4 is 23.2 Å². The van der Waals surface area contributed by atoms with Crippen LogP contribution < -0.4 is 0 Å². The summed E-state index contributed by atoms with van der Waals surface area (Å²) in [5.74, 6) is 0.311. The van der Waals surface area contributed by atoms with Gasteiger partial charge in [-0.25, -0.2) is 0 Å². The lowest BCUT2D eigenvalue weighted by Crippen LogP contribution is -2.03. The van der Waals surface area contributed by atoms with Crippen molar-refractivity contribution < 1.29 is 14.2 Å². The number of hydrogen-bond donors (Lipinski definition) is 0. The summed E-state index contributed by atoms with van der Waals surface area (Å²) >= 11 is 1.13. The minimum atomic E-state index is -0.529. The summed E-state index contributed by atoms with van der Waals surface area (Å²) in [6.45, 7) is 0. The Morgan fingerprint density at radius 1 is 1.16 bits per heavy atom. The first-order chi connectivity index (χ1) is 12.1. The fourth-order valence-electron chi connectivity index (χ4n) is 2.15. The van der Waals surface area contributed by atoms with Crippen LogP contribution in [-0.2, 0) is 6.42 Å². The zero-order valence-corrected chi connectivity index (χ0v) is 13.8. The molecule has 0 aliphatic carbocycles. The van der Waals surface area contributed by atoms with Gasteiger partial charge in [0, 0.05) is 17.7 Å². The highest BCUT2D eigenvalue weighted by molar-refractivity contribution is 7.99. The van der Waals surface area contributed by atoms with Gasteiger partial charge in [0.2, 0.25) is 11.0 Å². The number of rotatable bonds is 7. The second-order valence-corrected chi connectivity index (χ2v) is 6.09. The first-order valence-corrected chi connectivity index (χ1v) is 8.37. The highest BCUT2D eigenvalue weighted by Crippen LogP contribution is 2.19. The van der Waals surface area contributed by atoms with Crippen LogP contribution in [0.15, 0.2) is 64.3 Å². The summed E-state index contributed by atoms with van der Waals surface area (Å²) in [6.07, 6.45) is 0.521. The predicted octanol–water partition coefficient (Wildman–Crippen LogP) is 3.54. The smallest absolute Gasteiger partial charge is 0.270 e. The van der Waals surface area contributed by atoms with Gasteiger partial charge in [-0.2, -0.15) is 4.98 Å². The second kappa shape index (κ2) is 7.71. The molecule has 0 bridgehead atoms. The van der Waals surface area contributed by atoms with Crippen LogP contribution in [0.3, 0.4) is 0 Å². The molecule has 0 aliphatic rings. The number of nitro benzene ring substituents is 1. The Kier molecular flexibility index (Phi) is 5.20. The molecule has 0 atom stereocenters. The predicted molar refractivity (Wildman–Crippen MR) is 91.7 cm³/mol. The molecule has 0 fully saturated rings.